The fraction of sp³-hybridized carbons (Fsp3) is 0.100. The number of anilines is 1. The number of nitrogens with two attached hydrogens (primary N) is 1. The van der Waals surface area contributed by atoms with Gasteiger partial charge in [-0.3, -0.25) is 4.68 Å². The van der Waals surface area contributed by atoms with Gasteiger partial charge in [0.1, 0.15) is 5.15 Å². The lowest BCUT2D eigenvalue weighted by Crippen LogP contribution is -2.05. The Hall–Kier alpha value is -2.08. The summed E-state index contributed by atoms with van der Waals surface area (Å²) in [6.07, 6.45) is 3.22. The van der Waals surface area contributed by atoms with E-state index in [2.05, 4.69) is 10.1 Å². The molecule has 2 rings (SSSR count). The number of pyridine rings is 1. The number of halogens is 1. The summed E-state index contributed by atoms with van der Waals surface area (Å²) in [7, 11) is 1.74. The Labute approximate surface area is 102 Å². The fourth-order valence-electron chi connectivity index (χ4n) is 1.46. The van der Waals surface area contributed by atoms with Crippen molar-refractivity contribution in [1.82, 2.24) is 14.8 Å². The van der Waals surface area contributed by atoms with Crippen LogP contribution in [0.25, 0.3) is 11.3 Å². The second-order valence-corrected chi connectivity index (χ2v) is 3.85. The molecule has 0 fully saturated rings. The van der Waals surface area contributed by atoms with Crippen LogP contribution in [0.4, 0.5) is 5.69 Å². The lowest BCUT2D eigenvalue weighted by molar-refractivity contribution is 0.0698. The van der Waals surface area contributed by atoms with Crippen LogP contribution >= 0.6 is 11.6 Å². The number of hydrogen-bond acceptors (Lipinski definition) is 4. The van der Waals surface area contributed by atoms with Gasteiger partial charge >= 0.3 is 5.97 Å². The predicted octanol–water partition coefficient (Wildman–Crippen LogP) is 1.42. The van der Waals surface area contributed by atoms with Crippen molar-refractivity contribution in [3.05, 3.63) is 29.2 Å². The maximum atomic E-state index is 11.0. The lowest BCUT2D eigenvalue weighted by atomic mass is 10.1. The van der Waals surface area contributed by atoms with E-state index in [1.807, 2.05) is 0 Å². The first-order valence-electron chi connectivity index (χ1n) is 4.67. The molecule has 0 atom stereocenters. The average Bonchev–Trinajstić information content (AvgIpc) is 2.67. The minimum absolute atomic E-state index is 0.0659. The first-order chi connectivity index (χ1) is 7.99. The van der Waals surface area contributed by atoms with Gasteiger partial charge in [0.15, 0.2) is 0 Å². The van der Waals surface area contributed by atoms with Crippen LogP contribution in [0, 0.1) is 0 Å². The molecule has 0 aliphatic carbocycles. The molecule has 0 saturated heterocycles. The van der Waals surface area contributed by atoms with Gasteiger partial charge in [0, 0.05) is 18.8 Å². The van der Waals surface area contributed by atoms with Crippen LogP contribution in [-0.2, 0) is 7.05 Å². The smallest absolute Gasteiger partial charge is 0.337 e. The molecule has 88 valence electrons. The fourth-order valence-corrected chi connectivity index (χ4v) is 1.66. The molecule has 2 aromatic rings. The first-order valence-corrected chi connectivity index (χ1v) is 5.05. The number of aryl methyl sites for hydroxylation is 1. The molecule has 0 amide bonds. The second kappa shape index (κ2) is 4.06. The monoisotopic (exact) mass is 252 g/mol. The minimum Gasteiger partial charge on any atom is -0.478 e. The van der Waals surface area contributed by atoms with E-state index in [0.717, 1.165) is 0 Å². The number of carbonyl (C=O) groups is 1. The lowest BCUT2D eigenvalue weighted by Gasteiger charge is -2.06. The zero-order valence-electron chi connectivity index (χ0n) is 8.88. The Morgan fingerprint density at radius 1 is 1.59 bits per heavy atom. The maximum Gasteiger partial charge on any atom is 0.337 e. The maximum absolute atomic E-state index is 11.0. The van der Waals surface area contributed by atoms with Crippen LogP contribution < -0.4 is 5.73 Å². The van der Waals surface area contributed by atoms with E-state index in [0.29, 0.717) is 11.3 Å². The van der Waals surface area contributed by atoms with Crippen molar-refractivity contribution in [2.75, 3.05) is 5.73 Å². The number of hydrogen-bond donors (Lipinski definition) is 2. The van der Waals surface area contributed by atoms with Crippen molar-refractivity contribution in [1.29, 1.82) is 0 Å². The number of nitrogens with zero attached hydrogens (tertiary/aromatic N) is 3. The molecule has 0 saturated carbocycles. The molecule has 0 aliphatic heterocycles. The van der Waals surface area contributed by atoms with Crippen molar-refractivity contribution >= 4 is 23.3 Å². The van der Waals surface area contributed by atoms with E-state index in [1.54, 1.807) is 24.1 Å². The third kappa shape index (κ3) is 2.07. The zero-order valence-corrected chi connectivity index (χ0v) is 9.64. The largest absolute Gasteiger partial charge is 0.478 e. The molecular formula is C10H9ClN4O2. The van der Waals surface area contributed by atoms with Gasteiger partial charge < -0.3 is 10.8 Å². The Morgan fingerprint density at radius 2 is 2.29 bits per heavy atom. The third-order valence-corrected chi connectivity index (χ3v) is 2.43. The molecule has 6 nitrogen and oxygen atoms in total. The second-order valence-electron chi connectivity index (χ2n) is 3.46. The first kappa shape index (κ1) is 11.4. The summed E-state index contributed by atoms with van der Waals surface area (Å²) in [5.74, 6) is -1.14. The van der Waals surface area contributed by atoms with Gasteiger partial charge in [-0.1, -0.05) is 11.6 Å². The van der Waals surface area contributed by atoms with Gasteiger partial charge in [-0.2, -0.15) is 5.10 Å². The van der Waals surface area contributed by atoms with E-state index in [9.17, 15) is 4.79 Å². The normalized spacial score (nSPS) is 10.5. The summed E-state index contributed by atoms with van der Waals surface area (Å²) in [4.78, 5) is 15.0. The highest BCUT2D eigenvalue weighted by atomic mass is 35.5. The third-order valence-electron chi connectivity index (χ3n) is 2.24. The standard InChI is InChI=1S/C10H9ClN4O2/c1-15-4-5(3-13-15)9-8(12)6(10(16)17)2-7(11)14-9/h2-4H,12H2,1H3,(H,16,17). The summed E-state index contributed by atoms with van der Waals surface area (Å²) in [5.41, 5.74) is 6.71. The van der Waals surface area contributed by atoms with Gasteiger partial charge in [-0.15, -0.1) is 0 Å². The van der Waals surface area contributed by atoms with Crippen LogP contribution in [0.1, 0.15) is 10.4 Å². The van der Waals surface area contributed by atoms with Gasteiger partial charge in [0.2, 0.25) is 0 Å². The van der Waals surface area contributed by atoms with Crippen molar-refractivity contribution < 1.29 is 9.90 Å². The number of aromatic nitrogens is 3. The van der Waals surface area contributed by atoms with Crippen LogP contribution in [-0.4, -0.2) is 25.8 Å². The van der Waals surface area contributed by atoms with Crippen molar-refractivity contribution in [3.8, 4) is 11.3 Å². The van der Waals surface area contributed by atoms with E-state index in [-0.39, 0.29) is 16.4 Å². The van der Waals surface area contributed by atoms with Gasteiger partial charge in [0.05, 0.1) is 23.1 Å². The van der Waals surface area contributed by atoms with Crippen molar-refractivity contribution in [3.63, 3.8) is 0 Å². The minimum atomic E-state index is -1.14. The average molecular weight is 253 g/mol. The summed E-state index contributed by atoms with van der Waals surface area (Å²) < 4.78 is 1.57. The van der Waals surface area contributed by atoms with Crippen LogP contribution in [0.3, 0.4) is 0 Å². The SMILES string of the molecule is Cn1cc(-c2nc(Cl)cc(C(=O)O)c2N)cn1. The highest BCUT2D eigenvalue weighted by molar-refractivity contribution is 6.30. The molecule has 0 aliphatic rings. The van der Waals surface area contributed by atoms with E-state index in [4.69, 9.17) is 22.4 Å². The summed E-state index contributed by atoms with van der Waals surface area (Å²) in [5, 5.41) is 13.0. The topological polar surface area (TPSA) is 94.0 Å². The highest BCUT2D eigenvalue weighted by Gasteiger charge is 2.16. The molecule has 0 bridgehead atoms. The Balaban J connectivity index is 2.66. The number of carboxylic acids is 1. The molecular weight excluding hydrogens is 244 g/mol. The van der Waals surface area contributed by atoms with Crippen molar-refractivity contribution in [2.45, 2.75) is 0 Å². The number of carboxylic acid groups (broad SMARTS) is 1. The number of nitrogen functional groups attached to an aromatic ring is 1. The molecule has 3 N–H and O–H groups in total. The number of aromatic carboxylic acids is 1. The van der Waals surface area contributed by atoms with Crippen LogP contribution in [0.2, 0.25) is 5.15 Å². The molecule has 0 unspecified atom stereocenters. The van der Waals surface area contributed by atoms with E-state index < -0.39 is 5.97 Å². The van der Waals surface area contributed by atoms with Crippen LogP contribution in [0.5, 0.6) is 0 Å². The van der Waals surface area contributed by atoms with Gasteiger partial charge in [-0.25, -0.2) is 9.78 Å². The van der Waals surface area contributed by atoms with E-state index >= 15 is 0 Å². The summed E-state index contributed by atoms with van der Waals surface area (Å²) >= 11 is 5.77. The van der Waals surface area contributed by atoms with E-state index in [1.165, 1.54) is 6.07 Å². The van der Waals surface area contributed by atoms with Gasteiger partial charge in [-0.05, 0) is 6.07 Å². The molecule has 7 heteroatoms. The quantitative estimate of drug-likeness (QED) is 0.788. The molecule has 17 heavy (non-hydrogen) atoms. The molecule has 2 aromatic heterocycles. The zero-order chi connectivity index (χ0) is 12.6. The molecule has 2 heterocycles. The summed E-state index contributed by atoms with van der Waals surface area (Å²) in [6, 6.07) is 1.22. The molecule has 0 spiro atoms. The molecule has 0 radical (unpaired) electrons. The summed E-state index contributed by atoms with van der Waals surface area (Å²) in [6.45, 7) is 0. The Morgan fingerprint density at radius 3 is 2.82 bits per heavy atom. The molecule has 0 aromatic carbocycles. The Kier molecular flexibility index (Phi) is 2.72. The van der Waals surface area contributed by atoms with Crippen LogP contribution in [0.15, 0.2) is 18.5 Å². The van der Waals surface area contributed by atoms with Crippen molar-refractivity contribution in [2.24, 2.45) is 7.05 Å². The predicted molar refractivity (Wildman–Crippen MR) is 62.8 cm³/mol. The number of rotatable bonds is 2. The Bertz CT molecular complexity index is 594. The van der Waals surface area contributed by atoms with Gasteiger partial charge in [0.25, 0.3) is 0 Å². The highest BCUT2D eigenvalue weighted by Crippen LogP contribution is 2.28.